The molecule has 0 spiro atoms. The first-order valence-corrected chi connectivity index (χ1v) is 10.0. The Morgan fingerprint density at radius 1 is 1.21 bits per heavy atom. The van der Waals surface area contributed by atoms with Crippen molar-refractivity contribution in [1.82, 2.24) is 9.88 Å². The first-order valence-electron chi connectivity index (χ1n) is 9.20. The van der Waals surface area contributed by atoms with Crippen molar-refractivity contribution in [2.24, 2.45) is 0 Å². The summed E-state index contributed by atoms with van der Waals surface area (Å²) in [6, 6.07) is 14.3. The molecule has 1 saturated heterocycles. The van der Waals surface area contributed by atoms with Crippen LogP contribution in [0.3, 0.4) is 0 Å². The van der Waals surface area contributed by atoms with Crippen LogP contribution in [0.15, 0.2) is 54.6 Å². The molecule has 0 bridgehead atoms. The number of amides is 1. The number of rotatable bonds is 4. The van der Waals surface area contributed by atoms with Crippen LogP contribution in [0.2, 0.25) is 0 Å². The molecule has 2 aromatic carbocycles. The molecule has 0 saturated carbocycles. The van der Waals surface area contributed by atoms with Gasteiger partial charge in [-0.1, -0.05) is 24.3 Å². The van der Waals surface area contributed by atoms with Gasteiger partial charge in [0.05, 0.1) is 21.2 Å². The Morgan fingerprint density at radius 3 is 2.89 bits per heavy atom. The fourth-order valence-corrected chi connectivity index (χ4v) is 4.61. The van der Waals surface area contributed by atoms with E-state index in [2.05, 4.69) is 0 Å². The molecular formula is C21H19N3O3S. The molecule has 28 heavy (non-hydrogen) atoms. The molecule has 2 heterocycles. The number of para-hydroxylation sites is 1. The second kappa shape index (κ2) is 7.90. The fourth-order valence-electron chi connectivity index (χ4n) is 3.49. The third-order valence-corrected chi connectivity index (χ3v) is 6.02. The van der Waals surface area contributed by atoms with E-state index in [1.807, 2.05) is 29.2 Å². The van der Waals surface area contributed by atoms with Crippen LogP contribution in [0.5, 0.6) is 0 Å². The SMILES string of the molecule is O=C(/C=C/c1cccc([N+](=O)[O-])c1)N1CCCCC1c1nc2ccccc2s1. The van der Waals surface area contributed by atoms with Crippen molar-refractivity contribution < 1.29 is 9.72 Å². The van der Waals surface area contributed by atoms with E-state index in [4.69, 9.17) is 4.98 Å². The number of non-ortho nitro benzene ring substituents is 1. The molecule has 4 rings (SSSR count). The molecule has 0 aliphatic carbocycles. The van der Waals surface area contributed by atoms with Crippen molar-refractivity contribution in [2.45, 2.75) is 25.3 Å². The predicted octanol–water partition coefficient (Wildman–Crippen LogP) is 4.97. The average Bonchev–Trinajstić information content (AvgIpc) is 3.16. The average molecular weight is 393 g/mol. The molecule has 7 heteroatoms. The normalized spacial score (nSPS) is 17.3. The van der Waals surface area contributed by atoms with Gasteiger partial charge in [-0.15, -0.1) is 11.3 Å². The highest BCUT2D eigenvalue weighted by molar-refractivity contribution is 7.18. The number of piperidine rings is 1. The van der Waals surface area contributed by atoms with E-state index >= 15 is 0 Å². The van der Waals surface area contributed by atoms with E-state index in [9.17, 15) is 14.9 Å². The first kappa shape index (κ1) is 18.3. The fraction of sp³-hybridized carbons (Fsp3) is 0.238. The van der Waals surface area contributed by atoms with Gasteiger partial charge in [0, 0.05) is 24.8 Å². The van der Waals surface area contributed by atoms with Crippen LogP contribution < -0.4 is 0 Å². The van der Waals surface area contributed by atoms with Crippen LogP contribution in [-0.2, 0) is 4.79 Å². The standard InChI is InChI=1S/C21H19N3O3S/c25-20(12-11-15-6-5-7-16(14-15)24(26)27)23-13-4-3-9-18(23)21-22-17-8-1-2-10-19(17)28-21/h1-2,5-8,10-12,14,18H,3-4,9,13H2/b12-11+. The molecule has 1 atom stereocenters. The number of hydrogen-bond donors (Lipinski definition) is 0. The largest absolute Gasteiger partial charge is 0.330 e. The Balaban J connectivity index is 1.56. The number of carbonyl (C=O) groups excluding carboxylic acids is 1. The van der Waals surface area contributed by atoms with Gasteiger partial charge >= 0.3 is 0 Å². The van der Waals surface area contributed by atoms with Crippen molar-refractivity contribution in [3.8, 4) is 0 Å². The van der Waals surface area contributed by atoms with E-state index in [0.29, 0.717) is 12.1 Å². The number of nitrogens with zero attached hydrogens (tertiary/aromatic N) is 3. The first-order chi connectivity index (χ1) is 13.6. The van der Waals surface area contributed by atoms with Gasteiger partial charge in [-0.2, -0.15) is 0 Å². The van der Waals surface area contributed by atoms with Gasteiger partial charge in [-0.05, 0) is 43.0 Å². The second-order valence-electron chi connectivity index (χ2n) is 6.75. The van der Waals surface area contributed by atoms with Crippen LogP contribution >= 0.6 is 11.3 Å². The van der Waals surface area contributed by atoms with Gasteiger partial charge in [0.15, 0.2) is 0 Å². The lowest BCUT2D eigenvalue weighted by Crippen LogP contribution is -2.37. The zero-order valence-electron chi connectivity index (χ0n) is 15.2. The molecule has 1 aliphatic heterocycles. The van der Waals surface area contributed by atoms with Crippen LogP contribution in [0.1, 0.15) is 35.9 Å². The summed E-state index contributed by atoms with van der Waals surface area (Å²) in [6.07, 6.45) is 6.08. The quantitative estimate of drug-likeness (QED) is 0.356. The zero-order chi connectivity index (χ0) is 19.5. The maximum absolute atomic E-state index is 12.9. The number of hydrogen-bond acceptors (Lipinski definition) is 5. The summed E-state index contributed by atoms with van der Waals surface area (Å²) >= 11 is 1.64. The maximum atomic E-state index is 12.9. The molecular weight excluding hydrogens is 374 g/mol. The summed E-state index contributed by atoms with van der Waals surface area (Å²) in [5.41, 5.74) is 1.61. The summed E-state index contributed by atoms with van der Waals surface area (Å²) in [7, 11) is 0. The lowest BCUT2D eigenvalue weighted by molar-refractivity contribution is -0.384. The van der Waals surface area contributed by atoms with Crippen LogP contribution in [0.4, 0.5) is 5.69 Å². The number of likely N-dealkylation sites (tertiary alicyclic amines) is 1. The molecule has 6 nitrogen and oxygen atoms in total. The number of carbonyl (C=O) groups is 1. The molecule has 3 aromatic rings. The number of nitro groups is 1. The lowest BCUT2D eigenvalue weighted by atomic mass is 10.0. The highest BCUT2D eigenvalue weighted by Gasteiger charge is 2.29. The molecule has 0 N–H and O–H groups in total. The Bertz CT molecular complexity index is 1030. The lowest BCUT2D eigenvalue weighted by Gasteiger charge is -2.33. The van der Waals surface area contributed by atoms with Gasteiger partial charge in [-0.25, -0.2) is 4.98 Å². The Hall–Kier alpha value is -3.06. The van der Waals surface area contributed by atoms with Crippen molar-refractivity contribution in [2.75, 3.05) is 6.54 Å². The highest BCUT2D eigenvalue weighted by Crippen LogP contribution is 2.35. The number of aromatic nitrogens is 1. The van der Waals surface area contributed by atoms with E-state index in [1.54, 1.807) is 29.5 Å². The van der Waals surface area contributed by atoms with Crippen molar-refractivity contribution >= 4 is 39.2 Å². The van der Waals surface area contributed by atoms with Gasteiger partial charge < -0.3 is 4.90 Å². The Labute approximate surface area is 166 Å². The Morgan fingerprint density at radius 2 is 2.07 bits per heavy atom. The summed E-state index contributed by atoms with van der Waals surface area (Å²) in [5.74, 6) is -0.0875. The monoisotopic (exact) mass is 393 g/mol. The second-order valence-corrected chi connectivity index (χ2v) is 7.81. The minimum absolute atomic E-state index is 0.0138. The smallest absolute Gasteiger partial charge is 0.270 e. The number of thiazole rings is 1. The molecule has 1 aliphatic rings. The number of nitro benzene ring substituents is 1. The van der Waals surface area contributed by atoms with Gasteiger partial charge in [0.25, 0.3) is 5.69 Å². The van der Waals surface area contributed by atoms with E-state index in [0.717, 1.165) is 34.5 Å². The predicted molar refractivity (Wildman–Crippen MR) is 110 cm³/mol. The van der Waals surface area contributed by atoms with E-state index < -0.39 is 4.92 Å². The van der Waals surface area contributed by atoms with Gasteiger partial charge in [-0.3, -0.25) is 14.9 Å². The summed E-state index contributed by atoms with van der Waals surface area (Å²) < 4.78 is 1.13. The molecule has 142 valence electrons. The van der Waals surface area contributed by atoms with Crippen molar-refractivity contribution in [1.29, 1.82) is 0 Å². The van der Waals surface area contributed by atoms with Crippen LogP contribution in [0.25, 0.3) is 16.3 Å². The minimum Gasteiger partial charge on any atom is -0.330 e. The molecule has 1 amide bonds. The summed E-state index contributed by atoms with van der Waals surface area (Å²) in [4.78, 5) is 30.0. The highest BCUT2D eigenvalue weighted by atomic mass is 32.1. The van der Waals surface area contributed by atoms with Gasteiger partial charge in [0.1, 0.15) is 5.01 Å². The number of benzene rings is 2. The van der Waals surface area contributed by atoms with Crippen molar-refractivity contribution in [3.05, 3.63) is 75.3 Å². The van der Waals surface area contributed by atoms with Gasteiger partial charge in [0.2, 0.25) is 5.91 Å². The van der Waals surface area contributed by atoms with E-state index in [-0.39, 0.29) is 17.6 Å². The van der Waals surface area contributed by atoms with Crippen LogP contribution in [-0.4, -0.2) is 27.3 Å². The topological polar surface area (TPSA) is 76.3 Å². The van der Waals surface area contributed by atoms with E-state index in [1.165, 1.54) is 18.2 Å². The molecule has 1 fully saturated rings. The third-order valence-electron chi connectivity index (χ3n) is 4.88. The summed E-state index contributed by atoms with van der Waals surface area (Å²) in [5, 5.41) is 11.9. The number of fused-ring (bicyclic) bond motifs is 1. The van der Waals surface area contributed by atoms with Crippen molar-refractivity contribution in [3.63, 3.8) is 0 Å². The molecule has 1 unspecified atom stereocenters. The zero-order valence-corrected chi connectivity index (χ0v) is 16.0. The minimum atomic E-state index is -0.438. The summed E-state index contributed by atoms with van der Waals surface area (Å²) in [6.45, 7) is 0.693. The Kier molecular flexibility index (Phi) is 5.16. The maximum Gasteiger partial charge on any atom is 0.270 e. The molecule has 1 aromatic heterocycles. The third kappa shape index (κ3) is 3.80. The molecule has 0 radical (unpaired) electrons. The van der Waals surface area contributed by atoms with Crippen LogP contribution in [0, 0.1) is 10.1 Å².